The molecule has 260 valence electrons. The molecule has 5 heteroatoms. The van der Waals surface area contributed by atoms with E-state index < -0.39 is 0 Å². The quantitative estimate of drug-likeness (QED) is 0.178. The molecule has 0 spiro atoms. The Kier molecular flexibility index (Phi) is 7.14. The first kappa shape index (κ1) is 31.4. The highest BCUT2D eigenvalue weighted by atomic mass is 16.3. The van der Waals surface area contributed by atoms with Gasteiger partial charge in [0.1, 0.15) is 22.5 Å². The number of fused-ring (bicyclic) bond motifs is 7. The lowest BCUT2D eigenvalue weighted by Crippen LogP contribution is -2.08. The van der Waals surface area contributed by atoms with Crippen molar-refractivity contribution in [1.82, 2.24) is 15.0 Å². The summed E-state index contributed by atoms with van der Waals surface area (Å²) in [6.45, 7) is 2.26. The molecule has 0 aliphatic heterocycles. The van der Waals surface area contributed by atoms with E-state index >= 15 is 0 Å². The van der Waals surface area contributed by atoms with Crippen molar-refractivity contribution < 1.29 is 8.83 Å². The molecule has 1 unspecified atom stereocenters. The van der Waals surface area contributed by atoms with Crippen molar-refractivity contribution in [3.05, 3.63) is 181 Å². The number of rotatable bonds is 5. The van der Waals surface area contributed by atoms with Crippen molar-refractivity contribution in [1.29, 1.82) is 0 Å². The smallest absolute Gasteiger partial charge is 0.167 e. The van der Waals surface area contributed by atoms with Crippen LogP contribution < -0.4 is 0 Å². The summed E-state index contributed by atoms with van der Waals surface area (Å²) in [5, 5.41) is 5.56. The Morgan fingerprint density at radius 1 is 0.473 bits per heavy atom. The van der Waals surface area contributed by atoms with E-state index in [0.29, 0.717) is 23.4 Å². The topological polar surface area (TPSA) is 65.0 Å². The van der Waals surface area contributed by atoms with Gasteiger partial charge in [-0.05, 0) is 75.7 Å². The Morgan fingerprint density at radius 3 is 1.91 bits per heavy atom. The maximum Gasteiger partial charge on any atom is 0.167 e. The van der Waals surface area contributed by atoms with Gasteiger partial charge in [-0.3, -0.25) is 0 Å². The molecule has 0 saturated carbocycles. The normalized spacial score (nSPS) is 14.1. The van der Waals surface area contributed by atoms with Crippen LogP contribution in [0.15, 0.2) is 173 Å². The van der Waals surface area contributed by atoms with Gasteiger partial charge in [-0.15, -0.1) is 0 Å². The minimum Gasteiger partial charge on any atom is -0.456 e. The molecule has 3 heterocycles. The van der Waals surface area contributed by atoms with Gasteiger partial charge in [0.05, 0.1) is 5.57 Å². The molecule has 3 aromatic heterocycles. The number of benzene rings is 7. The number of aromatic nitrogens is 3. The highest BCUT2D eigenvalue weighted by molar-refractivity contribution is 6.15. The molecule has 1 aliphatic rings. The van der Waals surface area contributed by atoms with Crippen molar-refractivity contribution in [2.24, 2.45) is 0 Å². The summed E-state index contributed by atoms with van der Waals surface area (Å²) in [6.07, 6.45) is 3.09. The van der Waals surface area contributed by atoms with E-state index in [9.17, 15) is 0 Å². The molecule has 55 heavy (non-hydrogen) atoms. The van der Waals surface area contributed by atoms with Gasteiger partial charge >= 0.3 is 0 Å². The highest BCUT2D eigenvalue weighted by Crippen LogP contribution is 2.44. The first-order valence-electron chi connectivity index (χ1n) is 18.7. The summed E-state index contributed by atoms with van der Waals surface area (Å²) in [5.74, 6) is 2.94. The Morgan fingerprint density at radius 2 is 1.09 bits per heavy atom. The summed E-state index contributed by atoms with van der Waals surface area (Å²) in [6, 6.07) is 54.7. The summed E-state index contributed by atoms with van der Waals surface area (Å²) in [7, 11) is 0. The maximum atomic E-state index is 6.61. The monoisotopic (exact) mass is 707 g/mol. The highest BCUT2D eigenvalue weighted by Gasteiger charge is 2.29. The van der Waals surface area contributed by atoms with Gasteiger partial charge in [-0.1, -0.05) is 140 Å². The van der Waals surface area contributed by atoms with E-state index in [-0.39, 0.29) is 0 Å². The van der Waals surface area contributed by atoms with Crippen LogP contribution in [0.4, 0.5) is 0 Å². The van der Waals surface area contributed by atoms with Crippen LogP contribution >= 0.6 is 0 Å². The zero-order valence-electron chi connectivity index (χ0n) is 30.0. The van der Waals surface area contributed by atoms with Crippen LogP contribution in [0.1, 0.15) is 36.4 Å². The Balaban J connectivity index is 1.14. The molecule has 11 rings (SSSR count). The number of furan rings is 2. The van der Waals surface area contributed by atoms with E-state index in [1.807, 2.05) is 36.4 Å². The van der Waals surface area contributed by atoms with Crippen molar-refractivity contribution in [2.75, 3.05) is 0 Å². The number of nitrogens with zero attached hydrogens (tertiary/aromatic N) is 3. The van der Waals surface area contributed by atoms with Crippen molar-refractivity contribution in [3.8, 4) is 45.0 Å². The lowest BCUT2D eigenvalue weighted by Gasteiger charge is -2.19. The van der Waals surface area contributed by atoms with Gasteiger partial charge in [0.15, 0.2) is 17.5 Å². The first-order chi connectivity index (χ1) is 27.2. The molecular weight excluding hydrogens is 675 g/mol. The van der Waals surface area contributed by atoms with Crippen LogP contribution in [0, 0.1) is 0 Å². The third-order valence-electron chi connectivity index (χ3n) is 11.0. The van der Waals surface area contributed by atoms with Crippen molar-refractivity contribution in [3.63, 3.8) is 0 Å². The summed E-state index contributed by atoms with van der Waals surface area (Å²) >= 11 is 0. The number of allylic oxidation sites excluding steroid dienone is 1. The second-order valence-electron chi connectivity index (χ2n) is 14.4. The minimum absolute atomic E-state index is 0.304. The molecule has 0 radical (unpaired) electrons. The summed E-state index contributed by atoms with van der Waals surface area (Å²) in [5.41, 5.74) is 11.0. The van der Waals surface area contributed by atoms with Gasteiger partial charge in [0, 0.05) is 32.8 Å². The summed E-state index contributed by atoms with van der Waals surface area (Å²) < 4.78 is 12.9. The average Bonchev–Trinajstić information content (AvgIpc) is 3.83. The third-order valence-corrected chi connectivity index (χ3v) is 11.0. The van der Waals surface area contributed by atoms with Gasteiger partial charge < -0.3 is 8.83 Å². The number of hydrogen-bond acceptors (Lipinski definition) is 5. The Bertz CT molecular complexity index is 3140. The second kappa shape index (κ2) is 12.5. The average molecular weight is 708 g/mol. The molecule has 1 aliphatic carbocycles. The van der Waals surface area contributed by atoms with E-state index in [1.54, 1.807) is 0 Å². The van der Waals surface area contributed by atoms with Gasteiger partial charge in [0.25, 0.3) is 0 Å². The molecule has 5 nitrogen and oxygen atoms in total. The standard InChI is InChI=1S/C50H33N3O2/c1-30-22-27-40(47-45(30)38-16-7-10-20-43(38)55-47)50-52-48(33-25-23-32(24-26-33)31-12-3-2-4-13-31)51-49(53-50)35-28-34-14-5-6-15-36(34)41(29-35)37-18-11-21-44-46(37)39-17-8-9-19-42(39)54-44/h2-21,23-30H,22H2,1H3. The minimum atomic E-state index is 0.304. The van der Waals surface area contributed by atoms with Crippen molar-refractivity contribution >= 4 is 49.3 Å². The second-order valence-corrected chi connectivity index (χ2v) is 14.4. The van der Waals surface area contributed by atoms with Gasteiger partial charge in [-0.25, -0.2) is 15.0 Å². The Labute approximate surface area is 317 Å². The van der Waals surface area contributed by atoms with E-state index in [1.165, 1.54) is 5.56 Å². The molecule has 0 N–H and O–H groups in total. The largest absolute Gasteiger partial charge is 0.456 e. The van der Waals surface area contributed by atoms with Crippen LogP contribution in [0.25, 0.3) is 94.3 Å². The fourth-order valence-corrected chi connectivity index (χ4v) is 8.31. The number of hydrogen-bond donors (Lipinski definition) is 0. The van der Waals surface area contributed by atoms with Crippen LogP contribution in [-0.2, 0) is 0 Å². The third kappa shape index (κ3) is 5.19. The lowest BCUT2D eigenvalue weighted by molar-refractivity contribution is 0.580. The lowest BCUT2D eigenvalue weighted by atomic mass is 9.87. The molecule has 7 aromatic carbocycles. The zero-order chi connectivity index (χ0) is 36.5. The maximum absolute atomic E-state index is 6.61. The van der Waals surface area contributed by atoms with Gasteiger partial charge in [-0.2, -0.15) is 0 Å². The zero-order valence-corrected chi connectivity index (χ0v) is 30.0. The molecule has 0 bridgehead atoms. The van der Waals surface area contributed by atoms with Crippen LogP contribution in [0.2, 0.25) is 0 Å². The predicted octanol–water partition coefficient (Wildman–Crippen LogP) is 13.3. The van der Waals surface area contributed by atoms with Gasteiger partial charge in [0.2, 0.25) is 0 Å². The number of para-hydroxylation sites is 2. The molecule has 0 fully saturated rings. The molecular formula is C50H33N3O2. The van der Waals surface area contributed by atoms with Crippen LogP contribution in [0.5, 0.6) is 0 Å². The fourth-order valence-electron chi connectivity index (χ4n) is 8.31. The summed E-state index contributed by atoms with van der Waals surface area (Å²) in [4.78, 5) is 15.7. The predicted molar refractivity (Wildman–Crippen MR) is 223 cm³/mol. The molecule has 1 atom stereocenters. The fraction of sp³-hybridized carbons (Fsp3) is 0.0600. The van der Waals surface area contributed by atoms with Crippen LogP contribution in [-0.4, -0.2) is 15.0 Å². The van der Waals surface area contributed by atoms with Crippen molar-refractivity contribution in [2.45, 2.75) is 19.3 Å². The van der Waals surface area contributed by atoms with E-state index in [4.69, 9.17) is 23.8 Å². The Hall–Kier alpha value is -7.11. The van der Waals surface area contributed by atoms with E-state index in [0.717, 1.165) is 94.8 Å². The SMILES string of the molecule is CC1CC=C(c2nc(-c3ccc(-c4ccccc4)cc3)nc(-c3cc(-c4cccc5oc6ccccc6c45)c4ccccc4c3)n2)c2oc3ccccc3c21. The molecule has 0 saturated heterocycles. The molecule has 10 aromatic rings. The first-order valence-corrected chi connectivity index (χ1v) is 18.7. The molecule has 0 amide bonds. The van der Waals surface area contributed by atoms with Crippen LogP contribution in [0.3, 0.4) is 0 Å². The van der Waals surface area contributed by atoms with E-state index in [2.05, 4.69) is 134 Å².